The van der Waals surface area contributed by atoms with E-state index in [1.54, 1.807) is 12.1 Å². The predicted molar refractivity (Wildman–Crippen MR) is 91.4 cm³/mol. The number of H-pyrrole nitrogens is 1. The zero-order chi connectivity index (χ0) is 17.2. The molecule has 1 aliphatic rings. The lowest BCUT2D eigenvalue weighted by molar-refractivity contribution is -0.0344. The van der Waals surface area contributed by atoms with E-state index in [9.17, 15) is 4.39 Å². The fourth-order valence-electron chi connectivity index (χ4n) is 3.22. The summed E-state index contributed by atoms with van der Waals surface area (Å²) in [5.41, 5.74) is 2.56. The van der Waals surface area contributed by atoms with Crippen LogP contribution in [0.4, 0.5) is 4.39 Å². The molecule has 1 fully saturated rings. The van der Waals surface area contributed by atoms with Crippen LogP contribution < -0.4 is 0 Å². The first-order valence-corrected chi connectivity index (χ1v) is 8.38. The Kier molecular flexibility index (Phi) is 4.38. The second-order valence-corrected chi connectivity index (χ2v) is 6.30. The predicted octanol–water partition coefficient (Wildman–Crippen LogP) is 3.69. The molecule has 130 valence electrons. The number of rotatable bonds is 4. The SMILES string of the molecule is Cc1ccc(-c2[nH]ncc2CN2CCOC(c3ccccc3F)C2)o1. The average molecular weight is 341 g/mol. The number of benzene rings is 1. The zero-order valence-corrected chi connectivity index (χ0v) is 14.0. The molecule has 1 atom stereocenters. The molecule has 1 aliphatic heterocycles. The summed E-state index contributed by atoms with van der Waals surface area (Å²) in [4.78, 5) is 2.25. The van der Waals surface area contributed by atoms with Gasteiger partial charge in [-0.3, -0.25) is 10.00 Å². The van der Waals surface area contributed by atoms with Crippen molar-refractivity contribution in [2.75, 3.05) is 19.7 Å². The lowest BCUT2D eigenvalue weighted by Gasteiger charge is -2.33. The largest absolute Gasteiger partial charge is 0.460 e. The molecule has 1 aromatic carbocycles. The van der Waals surface area contributed by atoms with Gasteiger partial charge in [-0.05, 0) is 25.1 Å². The van der Waals surface area contributed by atoms with Crippen LogP contribution in [0.15, 0.2) is 47.0 Å². The van der Waals surface area contributed by atoms with Gasteiger partial charge in [-0.15, -0.1) is 0 Å². The standard InChI is InChI=1S/C19H20FN3O2/c1-13-6-7-17(25-13)19-14(10-21-22-19)11-23-8-9-24-18(12-23)15-4-2-3-5-16(15)20/h2-7,10,18H,8-9,11-12H2,1H3,(H,21,22). The van der Waals surface area contributed by atoms with Gasteiger partial charge in [0.1, 0.15) is 17.3 Å². The van der Waals surface area contributed by atoms with Gasteiger partial charge in [0, 0.05) is 30.8 Å². The molecule has 1 N–H and O–H groups in total. The second kappa shape index (κ2) is 6.82. The van der Waals surface area contributed by atoms with Gasteiger partial charge < -0.3 is 9.15 Å². The van der Waals surface area contributed by atoms with Crippen molar-refractivity contribution >= 4 is 0 Å². The highest BCUT2D eigenvalue weighted by molar-refractivity contribution is 5.56. The summed E-state index contributed by atoms with van der Waals surface area (Å²) >= 11 is 0. The van der Waals surface area contributed by atoms with Crippen LogP contribution in [-0.4, -0.2) is 34.8 Å². The Morgan fingerprint density at radius 2 is 2.16 bits per heavy atom. The maximum absolute atomic E-state index is 14.0. The number of nitrogens with one attached hydrogen (secondary N) is 1. The summed E-state index contributed by atoms with van der Waals surface area (Å²) in [6.07, 6.45) is 1.57. The Morgan fingerprint density at radius 3 is 2.96 bits per heavy atom. The van der Waals surface area contributed by atoms with Gasteiger partial charge in [-0.1, -0.05) is 18.2 Å². The van der Waals surface area contributed by atoms with Crippen molar-refractivity contribution in [3.8, 4) is 11.5 Å². The van der Waals surface area contributed by atoms with Crippen LogP contribution in [0.3, 0.4) is 0 Å². The first kappa shape index (κ1) is 16.1. The van der Waals surface area contributed by atoms with E-state index >= 15 is 0 Å². The van der Waals surface area contributed by atoms with Crippen LogP contribution in [0.2, 0.25) is 0 Å². The van der Waals surface area contributed by atoms with E-state index in [1.807, 2.05) is 31.3 Å². The molecule has 25 heavy (non-hydrogen) atoms. The van der Waals surface area contributed by atoms with E-state index in [-0.39, 0.29) is 11.9 Å². The molecule has 3 heterocycles. The van der Waals surface area contributed by atoms with E-state index in [0.717, 1.165) is 29.3 Å². The van der Waals surface area contributed by atoms with Crippen LogP contribution >= 0.6 is 0 Å². The first-order valence-electron chi connectivity index (χ1n) is 8.38. The number of halogens is 1. The summed E-state index contributed by atoms with van der Waals surface area (Å²) in [5, 5.41) is 7.18. The third-order valence-electron chi connectivity index (χ3n) is 4.50. The molecule has 3 aromatic rings. The Morgan fingerprint density at radius 1 is 1.28 bits per heavy atom. The maximum Gasteiger partial charge on any atom is 0.152 e. The normalized spacial score (nSPS) is 18.6. The molecular weight excluding hydrogens is 321 g/mol. The lowest BCUT2D eigenvalue weighted by atomic mass is 10.1. The van der Waals surface area contributed by atoms with Crippen LogP contribution in [0.1, 0.15) is 23.0 Å². The Balaban J connectivity index is 1.50. The van der Waals surface area contributed by atoms with Gasteiger partial charge in [-0.2, -0.15) is 5.10 Å². The summed E-state index contributed by atoms with van der Waals surface area (Å²) in [6, 6.07) is 10.7. The highest BCUT2D eigenvalue weighted by Gasteiger charge is 2.25. The van der Waals surface area contributed by atoms with E-state index in [1.165, 1.54) is 6.07 Å². The Hall–Kier alpha value is -2.44. The first-order chi connectivity index (χ1) is 12.2. The third-order valence-corrected chi connectivity index (χ3v) is 4.50. The van der Waals surface area contributed by atoms with Gasteiger partial charge in [0.2, 0.25) is 0 Å². The summed E-state index contributed by atoms with van der Waals surface area (Å²) < 4.78 is 25.5. The average Bonchev–Trinajstić information content (AvgIpc) is 3.24. The Bertz CT molecular complexity index is 858. The molecule has 1 saturated heterocycles. The van der Waals surface area contributed by atoms with Gasteiger partial charge in [-0.25, -0.2) is 4.39 Å². The van der Waals surface area contributed by atoms with Crippen molar-refractivity contribution in [3.63, 3.8) is 0 Å². The summed E-state index contributed by atoms with van der Waals surface area (Å²) in [5.74, 6) is 1.43. The molecule has 0 bridgehead atoms. The number of furan rings is 1. The molecule has 5 nitrogen and oxygen atoms in total. The third kappa shape index (κ3) is 3.36. The molecule has 0 saturated carbocycles. The number of morpholine rings is 1. The number of nitrogens with zero attached hydrogens (tertiary/aromatic N) is 2. The quantitative estimate of drug-likeness (QED) is 0.786. The molecule has 0 amide bonds. The van der Waals surface area contributed by atoms with E-state index in [4.69, 9.17) is 9.15 Å². The van der Waals surface area contributed by atoms with Crippen molar-refractivity contribution in [1.82, 2.24) is 15.1 Å². The number of hydrogen-bond acceptors (Lipinski definition) is 4. The minimum Gasteiger partial charge on any atom is -0.460 e. The van der Waals surface area contributed by atoms with Gasteiger partial charge >= 0.3 is 0 Å². The number of hydrogen-bond donors (Lipinski definition) is 1. The minimum absolute atomic E-state index is 0.218. The summed E-state index contributed by atoms with van der Waals surface area (Å²) in [7, 11) is 0. The van der Waals surface area contributed by atoms with E-state index < -0.39 is 0 Å². The van der Waals surface area contributed by atoms with Gasteiger partial charge in [0.25, 0.3) is 0 Å². The topological polar surface area (TPSA) is 54.3 Å². The molecule has 0 aliphatic carbocycles. The Labute approximate surface area is 145 Å². The van der Waals surface area contributed by atoms with Crippen LogP contribution in [-0.2, 0) is 11.3 Å². The van der Waals surface area contributed by atoms with Crippen molar-refractivity contribution in [3.05, 3.63) is 65.3 Å². The zero-order valence-electron chi connectivity index (χ0n) is 14.0. The number of ether oxygens (including phenoxy) is 1. The van der Waals surface area contributed by atoms with Crippen molar-refractivity contribution in [2.24, 2.45) is 0 Å². The van der Waals surface area contributed by atoms with Crippen LogP contribution in [0, 0.1) is 12.7 Å². The molecule has 2 aromatic heterocycles. The second-order valence-electron chi connectivity index (χ2n) is 6.30. The highest BCUT2D eigenvalue weighted by atomic mass is 19.1. The molecule has 1 unspecified atom stereocenters. The maximum atomic E-state index is 14.0. The molecule has 0 radical (unpaired) electrons. The highest BCUT2D eigenvalue weighted by Crippen LogP contribution is 2.28. The number of aryl methyl sites for hydroxylation is 1. The van der Waals surface area contributed by atoms with Crippen LogP contribution in [0.25, 0.3) is 11.5 Å². The molecule has 4 rings (SSSR count). The smallest absolute Gasteiger partial charge is 0.152 e. The van der Waals surface area contributed by atoms with Crippen molar-refractivity contribution in [1.29, 1.82) is 0 Å². The fourth-order valence-corrected chi connectivity index (χ4v) is 3.22. The van der Waals surface area contributed by atoms with Crippen molar-refractivity contribution in [2.45, 2.75) is 19.6 Å². The lowest BCUT2D eigenvalue weighted by Crippen LogP contribution is -2.38. The van der Waals surface area contributed by atoms with Crippen LogP contribution in [0.5, 0.6) is 0 Å². The van der Waals surface area contributed by atoms with Gasteiger partial charge in [0.05, 0.1) is 18.9 Å². The number of aromatic nitrogens is 2. The monoisotopic (exact) mass is 341 g/mol. The number of aromatic amines is 1. The molecule has 0 spiro atoms. The van der Waals surface area contributed by atoms with E-state index in [0.29, 0.717) is 25.3 Å². The molecular formula is C19H20FN3O2. The summed E-state index contributed by atoms with van der Waals surface area (Å²) in [6.45, 7) is 4.64. The minimum atomic E-state index is -0.254. The van der Waals surface area contributed by atoms with Gasteiger partial charge in [0.15, 0.2) is 5.76 Å². The molecule has 6 heteroatoms. The van der Waals surface area contributed by atoms with E-state index in [2.05, 4.69) is 15.1 Å². The van der Waals surface area contributed by atoms with Crippen molar-refractivity contribution < 1.29 is 13.5 Å². The fraction of sp³-hybridized carbons (Fsp3) is 0.316.